The number of hydrogen-bond donors (Lipinski definition) is 2. The number of anilines is 2. The van der Waals surface area contributed by atoms with E-state index >= 15 is 0 Å². The number of nitrogens with one attached hydrogen (secondary N) is 2. The number of rotatable bonds is 6. The van der Waals surface area contributed by atoms with Crippen molar-refractivity contribution in [3.8, 4) is 11.5 Å². The number of ether oxygens (including phenoxy) is 1. The van der Waals surface area contributed by atoms with E-state index in [0.29, 0.717) is 11.3 Å². The molecule has 1 aliphatic heterocycles. The van der Waals surface area contributed by atoms with Crippen LogP contribution in [0, 0.1) is 10.1 Å². The average molecular weight is 681 g/mol. The largest absolute Gasteiger partial charge is 0.457 e. The zero-order valence-corrected chi connectivity index (χ0v) is 23.3. The van der Waals surface area contributed by atoms with E-state index in [9.17, 15) is 28.1 Å². The number of amides is 1. The summed E-state index contributed by atoms with van der Waals surface area (Å²) >= 11 is 6.62. The molecule has 9 nitrogen and oxygen atoms in total. The molecule has 2 heterocycles. The molecule has 1 aromatic heterocycles. The van der Waals surface area contributed by atoms with Crippen molar-refractivity contribution in [3.05, 3.63) is 103 Å². The number of non-ortho nitro benzene ring substituents is 1. The van der Waals surface area contributed by atoms with Crippen LogP contribution in [0.3, 0.4) is 0 Å². The van der Waals surface area contributed by atoms with Crippen LogP contribution in [-0.4, -0.2) is 26.8 Å². The van der Waals surface area contributed by atoms with Crippen molar-refractivity contribution in [2.75, 3.05) is 10.6 Å². The number of carbonyl (C=O) groups excluding carboxylic acids is 1. The van der Waals surface area contributed by atoms with Crippen molar-refractivity contribution < 1.29 is 27.6 Å². The van der Waals surface area contributed by atoms with Crippen molar-refractivity contribution in [2.45, 2.75) is 24.7 Å². The lowest BCUT2D eigenvalue weighted by molar-refractivity contribution is -0.384. The van der Waals surface area contributed by atoms with Crippen LogP contribution in [0.2, 0.25) is 0 Å². The smallest absolute Gasteiger partial charge is 0.410 e. The zero-order chi connectivity index (χ0) is 28.6. The van der Waals surface area contributed by atoms with Crippen LogP contribution in [0.25, 0.3) is 0 Å². The van der Waals surface area contributed by atoms with Gasteiger partial charge in [-0.2, -0.15) is 18.3 Å². The number of nitro benzene ring substituents is 1. The molecule has 0 saturated carbocycles. The first kappa shape index (κ1) is 27.6. The molecule has 3 aromatic carbocycles. The van der Waals surface area contributed by atoms with Gasteiger partial charge in [-0.3, -0.25) is 14.9 Å². The van der Waals surface area contributed by atoms with Gasteiger partial charge in [0.1, 0.15) is 17.3 Å². The molecular weight excluding hydrogens is 663 g/mol. The van der Waals surface area contributed by atoms with Crippen LogP contribution in [-0.2, 0) is 0 Å². The fourth-order valence-electron chi connectivity index (χ4n) is 4.25. The van der Waals surface area contributed by atoms with Crippen molar-refractivity contribution in [1.29, 1.82) is 0 Å². The molecule has 4 aromatic rings. The van der Waals surface area contributed by atoms with Crippen molar-refractivity contribution in [3.63, 3.8) is 0 Å². The number of hydrogen-bond acceptors (Lipinski definition) is 6. The monoisotopic (exact) mass is 679 g/mol. The molecule has 1 amide bonds. The third-order valence-corrected chi connectivity index (χ3v) is 7.16. The Bertz CT molecular complexity index is 1580. The maximum atomic E-state index is 14.0. The topological polar surface area (TPSA) is 111 Å². The Balaban J connectivity index is 1.42. The average Bonchev–Trinajstić information content (AvgIpc) is 3.33. The molecule has 0 spiro atoms. The maximum Gasteiger partial charge on any atom is 0.410 e. The summed E-state index contributed by atoms with van der Waals surface area (Å²) in [6, 6.07) is 15.9. The molecule has 0 radical (unpaired) electrons. The van der Waals surface area contributed by atoms with E-state index in [2.05, 4.69) is 47.6 Å². The van der Waals surface area contributed by atoms with Gasteiger partial charge in [0.15, 0.2) is 11.7 Å². The lowest BCUT2D eigenvalue weighted by Crippen LogP contribution is -2.35. The summed E-state index contributed by atoms with van der Waals surface area (Å²) in [6.07, 6.45) is -4.95. The summed E-state index contributed by atoms with van der Waals surface area (Å²) in [5, 5.41) is 20.9. The van der Waals surface area contributed by atoms with E-state index in [1.807, 2.05) is 0 Å². The van der Waals surface area contributed by atoms with Gasteiger partial charge in [-0.1, -0.05) is 44.0 Å². The number of alkyl halides is 3. The summed E-state index contributed by atoms with van der Waals surface area (Å²) in [5.41, 5.74) is -0.00330. The van der Waals surface area contributed by atoms with Crippen molar-refractivity contribution in [1.82, 2.24) is 9.78 Å². The summed E-state index contributed by atoms with van der Waals surface area (Å²) in [5.74, 6) is -0.357. The normalized spacial score (nSPS) is 16.5. The fourth-order valence-corrected chi connectivity index (χ4v) is 4.78. The van der Waals surface area contributed by atoms with Gasteiger partial charge in [0.2, 0.25) is 0 Å². The molecular formula is C26H18Br2F3N5O4. The summed E-state index contributed by atoms with van der Waals surface area (Å²) in [4.78, 5) is 23.9. The number of aromatic nitrogens is 2. The Morgan fingerprint density at radius 1 is 1.02 bits per heavy atom. The van der Waals surface area contributed by atoms with Crippen LogP contribution < -0.4 is 15.4 Å². The molecule has 0 aliphatic carbocycles. The van der Waals surface area contributed by atoms with Crippen LogP contribution in [0.1, 0.15) is 34.6 Å². The number of fused-ring (bicyclic) bond motifs is 1. The number of halogens is 5. The highest BCUT2D eigenvalue weighted by Gasteiger charge is 2.46. The Morgan fingerprint density at radius 2 is 1.68 bits per heavy atom. The van der Waals surface area contributed by atoms with Gasteiger partial charge in [-0.05, 0) is 42.0 Å². The highest BCUT2D eigenvalue weighted by molar-refractivity contribution is 9.10. The molecule has 2 atom stereocenters. The summed E-state index contributed by atoms with van der Waals surface area (Å²) in [6.45, 7) is 0. The van der Waals surface area contributed by atoms with E-state index in [1.165, 1.54) is 18.2 Å². The summed E-state index contributed by atoms with van der Waals surface area (Å²) in [7, 11) is 0. The quantitative estimate of drug-likeness (QED) is 0.158. The third-order valence-electron chi connectivity index (χ3n) is 6.10. The molecule has 0 fully saturated rings. The van der Waals surface area contributed by atoms with Gasteiger partial charge < -0.3 is 15.4 Å². The number of nitro groups is 1. The lowest BCUT2D eigenvalue weighted by atomic mass is 9.97. The molecule has 5 rings (SSSR count). The second-order valence-electron chi connectivity index (χ2n) is 8.88. The Morgan fingerprint density at radius 3 is 2.30 bits per heavy atom. The minimum atomic E-state index is -4.62. The molecule has 0 saturated heterocycles. The van der Waals surface area contributed by atoms with Crippen LogP contribution in [0.5, 0.6) is 11.5 Å². The number of nitrogens with zero attached hydrogens (tertiary/aromatic N) is 3. The highest BCUT2D eigenvalue weighted by atomic mass is 79.9. The standard InChI is InChI=1S/C26H18Br2F3N5O4/c27-15-3-1-14(2-4-15)21-12-23(26(29,30)31)35-24(33-21)13-22(34-35)25(37)32-17-9-18(36(38)39)11-20(10-17)40-19-7-5-16(28)6-8-19/h1-11,13,21,23,33H,12H2,(H,32,37)/t21-,23-/m1/s1. The molecule has 1 aliphatic rings. The number of carbonyl (C=O) groups is 1. The minimum absolute atomic E-state index is 0.00496. The first-order valence-electron chi connectivity index (χ1n) is 11.7. The maximum absolute atomic E-state index is 14.0. The zero-order valence-electron chi connectivity index (χ0n) is 20.2. The van der Waals surface area contributed by atoms with Crippen molar-refractivity contribution >= 4 is 55.0 Å². The van der Waals surface area contributed by atoms with Gasteiger partial charge in [-0.25, -0.2) is 4.68 Å². The fraction of sp³-hybridized carbons (Fsp3) is 0.154. The van der Waals surface area contributed by atoms with Crippen LogP contribution in [0.4, 0.5) is 30.4 Å². The first-order chi connectivity index (χ1) is 19.0. The third kappa shape index (κ3) is 6.12. The Labute approximate surface area is 241 Å². The molecule has 14 heteroatoms. The van der Waals surface area contributed by atoms with Gasteiger partial charge in [0.25, 0.3) is 11.6 Å². The van der Waals surface area contributed by atoms with Gasteiger partial charge in [-0.15, -0.1) is 0 Å². The number of benzene rings is 3. The van der Waals surface area contributed by atoms with E-state index in [0.717, 1.165) is 19.7 Å². The molecule has 206 valence electrons. The van der Waals surface area contributed by atoms with Crippen molar-refractivity contribution in [2.24, 2.45) is 0 Å². The van der Waals surface area contributed by atoms with Crippen LogP contribution in [0.15, 0.2) is 81.7 Å². The lowest BCUT2D eigenvalue weighted by Gasteiger charge is -2.33. The molecule has 2 N–H and O–H groups in total. The van der Waals surface area contributed by atoms with E-state index in [-0.39, 0.29) is 35.1 Å². The molecule has 0 bridgehead atoms. The first-order valence-corrected chi connectivity index (χ1v) is 13.3. The van der Waals surface area contributed by atoms with Gasteiger partial charge >= 0.3 is 6.18 Å². The summed E-state index contributed by atoms with van der Waals surface area (Å²) < 4.78 is 50.1. The van der Waals surface area contributed by atoms with Gasteiger partial charge in [0.05, 0.1) is 22.7 Å². The molecule has 0 unspecified atom stereocenters. The van der Waals surface area contributed by atoms with E-state index in [1.54, 1.807) is 48.5 Å². The minimum Gasteiger partial charge on any atom is -0.457 e. The Kier molecular flexibility index (Phi) is 7.55. The Hall–Kier alpha value is -3.91. The predicted octanol–water partition coefficient (Wildman–Crippen LogP) is 8.02. The SMILES string of the molecule is O=C(Nc1cc(Oc2ccc(Br)cc2)cc([N+](=O)[O-])c1)c1cc2n(n1)[C@@H](C(F)(F)F)C[C@H](c1ccc(Br)cc1)N2. The molecule has 40 heavy (non-hydrogen) atoms. The van der Waals surface area contributed by atoms with E-state index < -0.39 is 29.1 Å². The van der Waals surface area contributed by atoms with Crippen LogP contribution >= 0.6 is 31.9 Å². The second kappa shape index (κ2) is 10.9. The predicted molar refractivity (Wildman–Crippen MR) is 148 cm³/mol. The van der Waals surface area contributed by atoms with E-state index in [4.69, 9.17) is 4.74 Å². The highest BCUT2D eigenvalue weighted by Crippen LogP contribution is 2.44. The van der Waals surface area contributed by atoms with Gasteiger partial charge in [0, 0.05) is 33.6 Å². The second-order valence-corrected chi connectivity index (χ2v) is 10.7.